The number of imidazole rings is 1. The van der Waals surface area contributed by atoms with Gasteiger partial charge in [-0.3, -0.25) is 9.13 Å². The molecule has 3 heterocycles. The second-order valence-corrected chi connectivity index (χ2v) is 7.47. The summed E-state index contributed by atoms with van der Waals surface area (Å²) in [5.41, 5.74) is 3.44. The maximum Gasteiger partial charge on any atom is 0.328 e. The summed E-state index contributed by atoms with van der Waals surface area (Å²) in [5, 5.41) is 16.1. The molecule has 7 nitrogen and oxygen atoms in total. The molecule has 0 atom stereocenters. The van der Waals surface area contributed by atoms with Gasteiger partial charge in [0.05, 0.1) is 16.7 Å². The molecular weight excluding hydrogens is 376 g/mol. The highest BCUT2D eigenvalue weighted by Gasteiger charge is 2.18. The first-order chi connectivity index (χ1) is 13.6. The lowest BCUT2D eigenvalue weighted by Gasteiger charge is -2.22. The number of nitrogens with one attached hydrogen (secondary N) is 2. The molecule has 1 saturated heterocycles. The summed E-state index contributed by atoms with van der Waals surface area (Å²) in [6.45, 7) is 2.71. The van der Waals surface area contributed by atoms with Gasteiger partial charge < -0.3 is 10.6 Å². The first-order valence-corrected chi connectivity index (χ1v) is 9.68. The Labute approximate surface area is 167 Å². The summed E-state index contributed by atoms with van der Waals surface area (Å²) < 4.78 is 3.55. The average molecular weight is 397 g/mol. The van der Waals surface area contributed by atoms with Crippen LogP contribution in [-0.4, -0.2) is 27.2 Å². The molecule has 0 saturated carbocycles. The Bertz CT molecular complexity index is 1120. The third-order valence-corrected chi connectivity index (χ3v) is 5.63. The fraction of sp³-hybridized carbons (Fsp3) is 0.350. The molecule has 0 aliphatic carbocycles. The van der Waals surface area contributed by atoms with Crippen LogP contribution in [0.1, 0.15) is 18.4 Å². The highest BCUT2D eigenvalue weighted by molar-refractivity contribution is 6.31. The fourth-order valence-electron chi connectivity index (χ4n) is 3.79. The maximum atomic E-state index is 12.8. The molecule has 4 rings (SSSR count). The van der Waals surface area contributed by atoms with Crippen LogP contribution in [-0.2, 0) is 13.6 Å². The van der Waals surface area contributed by atoms with Crippen LogP contribution in [0, 0.1) is 17.2 Å². The van der Waals surface area contributed by atoms with Crippen molar-refractivity contribution in [3.63, 3.8) is 0 Å². The molecule has 0 amide bonds. The van der Waals surface area contributed by atoms with E-state index in [2.05, 4.69) is 21.7 Å². The van der Waals surface area contributed by atoms with E-state index in [1.165, 1.54) is 0 Å². The standard InChI is InChI=1S/C20H21ClN6O/c1-26-17-3-2-14(25-16-6-9-24-19(21)15(16)11-22)10-18(17)27(20(26)28)12-13-4-7-23-8-5-13/h2-3,6,9-10,13,23H,4-5,7-8,12H2,1H3,(H,24,25). The molecule has 1 aliphatic heterocycles. The van der Waals surface area contributed by atoms with Crippen LogP contribution in [0.25, 0.3) is 11.0 Å². The van der Waals surface area contributed by atoms with E-state index >= 15 is 0 Å². The van der Waals surface area contributed by atoms with Gasteiger partial charge in [-0.1, -0.05) is 11.6 Å². The van der Waals surface area contributed by atoms with Gasteiger partial charge in [0.15, 0.2) is 0 Å². The lowest BCUT2D eigenvalue weighted by atomic mass is 9.98. The van der Waals surface area contributed by atoms with Crippen molar-refractivity contribution in [1.29, 1.82) is 5.26 Å². The first kappa shape index (κ1) is 18.5. The first-order valence-electron chi connectivity index (χ1n) is 9.30. The molecule has 0 unspecified atom stereocenters. The smallest absolute Gasteiger partial charge is 0.328 e. The van der Waals surface area contributed by atoms with Crippen LogP contribution < -0.4 is 16.3 Å². The number of nitrogens with zero attached hydrogens (tertiary/aromatic N) is 4. The number of piperidine rings is 1. The van der Waals surface area contributed by atoms with Gasteiger partial charge in [0.2, 0.25) is 0 Å². The highest BCUT2D eigenvalue weighted by atomic mass is 35.5. The Morgan fingerprint density at radius 3 is 2.86 bits per heavy atom. The highest BCUT2D eigenvalue weighted by Crippen LogP contribution is 2.27. The Kier molecular flexibility index (Phi) is 5.07. The van der Waals surface area contributed by atoms with Crippen molar-refractivity contribution < 1.29 is 0 Å². The molecule has 2 aromatic heterocycles. The fourth-order valence-corrected chi connectivity index (χ4v) is 3.99. The molecule has 0 spiro atoms. The molecule has 8 heteroatoms. The summed E-state index contributed by atoms with van der Waals surface area (Å²) in [6.07, 6.45) is 3.70. The zero-order valence-corrected chi connectivity index (χ0v) is 16.3. The van der Waals surface area contributed by atoms with E-state index in [-0.39, 0.29) is 10.8 Å². The van der Waals surface area contributed by atoms with Crippen molar-refractivity contribution in [2.24, 2.45) is 13.0 Å². The summed E-state index contributed by atoms with van der Waals surface area (Å²) in [4.78, 5) is 16.7. The normalized spacial score (nSPS) is 14.9. The van der Waals surface area contributed by atoms with E-state index in [4.69, 9.17) is 11.6 Å². The topological polar surface area (TPSA) is 87.7 Å². The van der Waals surface area contributed by atoms with E-state index in [1.54, 1.807) is 23.9 Å². The summed E-state index contributed by atoms with van der Waals surface area (Å²) in [5.74, 6) is 0.491. The number of halogens is 1. The van der Waals surface area contributed by atoms with Crippen molar-refractivity contribution in [2.75, 3.05) is 18.4 Å². The zero-order chi connectivity index (χ0) is 19.7. The maximum absolute atomic E-state index is 12.8. The van der Waals surface area contributed by atoms with Gasteiger partial charge in [-0.05, 0) is 56.1 Å². The van der Waals surface area contributed by atoms with E-state index in [9.17, 15) is 10.1 Å². The molecule has 144 valence electrons. The lowest BCUT2D eigenvalue weighted by molar-refractivity contribution is 0.332. The van der Waals surface area contributed by atoms with Gasteiger partial charge in [0, 0.05) is 25.5 Å². The van der Waals surface area contributed by atoms with E-state index in [0.717, 1.165) is 42.7 Å². The molecule has 1 aliphatic rings. The van der Waals surface area contributed by atoms with Crippen LogP contribution in [0.15, 0.2) is 35.3 Å². The van der Waals surface area contributed by atoms with E-state index in [1.807, 2.05) is 22.8 Å². The predicted octanol–water partition coefficient (Wildman–Crippen LogP) is 3.00. The molecule has 1 aromatic carbocycles. The van der Waals surface area contributed by atoms with E-state index in [0.29, 0.717) is 23.7 Å². The number of hydrogen-bond acceptors (Lipinski definition) is 5. The third-order valence-electron chi connectivity index (χ3n) is 5.34. The minimum absolute atomic E-state index is 0.00430. The van der Waals surface area contributed by atoms with Crippen LogP contribution in [0.3, 0.4) is 0 Å². The Balaban J connectivity index is 1.72. The Morgan fingerprint density at radius 1 is 1.32 bits per heavy atom. The molecule has 2 N–H and O–H groups in total. The molecule has 3 aromatic rings. The van der Waals surface area contributed by atoms with Gasteiger partial charge >= 0.3 is 5.69 Å². The molecule has 0 radical (unpaired) electrons. The number of benzene rings is 1. The number of nitriles is 1. The Morgan fingerprint density at radius 2 is 2.11 bits per heavy atom. The van der Waals surface area contributed by atoms with Gasteiger partial charge in [-0.15, -0.1) is 0 Å². The quantitative estimate of drug-likeness (QED) is 0.662. The van der Waals surface area contributed by atoms with Crippen LogP contribution in [0.4, 0.5) is 11.4 Å². The number of fused-ring (bicyclic) bond motifs is 1. The number of aromatic nitrogens is 3. The zero-order valence-electron chi connectivity index (χ0n) is 15.6. The SMILES string of the molecule is Cn1c(=O)n(CC2CCNCC2)c2cc(Nc3ccnc(Cl)c3C#N)ccc21. The van der Waals surface area contributed by atoms with Gasteiger partial charge in [0.25, 0.3) is 0 Å². The number of anilines is 2. The van der Waals surface area contributed by atoms with Crippen LogP contribution >= 0.6 is 11.6 Å². The number of pyridine rings is 1. The number of aryl methyl sites for hydroxylation is 1. The summed E-state index contributed by atoms with van der Waals surface area (Å²) >= 11 is 6.02. The summed E-state index contributed by atoms with van der Waals surface area (Å²) in [6, 6.07) is 9.56. The lowest BCUT2D eigenvalue weighted by Crippen LogP contribution is -2.32. The third kappa shape index (κ3) is 3.37. The van der Waals surface area contributed by atoms with Crippen molar-refractivity contribution in [2.45, 2.75) is 19.4 Å². The van der Waals surface area contributed by atoms with Crippen molar-refractivity contribution in [3.05, 3.63) is 51.7 Å². The van der Waals surface area contributed by atoms with Gasteiger partial charge in [-0.2, -0.15) is 5.26 Å². The van der Waals surface area contributed by atoms with Gasteiger partial charge in [0.1, 0.15) is 16.8 Å². The largest absolute Gasteiger partial charge is 0.354 e. The molecule has 28 heavy (non-hydrogen) atoms. The minimum Gasteiger partial charge on any atom is -0.354 e. The molecule has 1 fully saturated rings. The monoisotopic (exact) mass is 396 g/mol. The van der Waals surface area contributed by atoms with Crippen LogP contribution in [0.2, 0.25) is 5.15 Å². The van der Waals surface area contributed by atoms with Crippen molar-refractivity contribution in [1.82, 2.24) is 19.4 Å². The van der Waals surface area contributed by atoms with E-state index < -0.39 is 0 Å². The number of hydrogen-bond donors (Lipinski definition) is 2. The Hall–Kier alpha value is -2.82. The van der Waals surface area contributed by atoms with Crippen molar-refractivity contribution >= 4 is 34.0 Å². The summed E-state index contributed by atoms with van der Waals surface area (Å²) in [7, 11) is 1.80. The second-order valence-electron chi connectivity index (χ2n) is 7.11. The molecular formula is C20H21ClN6O. The minimum atomic E-state index is -0.00430. The second kappa shape index (κ2) is 7.66. The van der Waals surface area contributed by atoms with Crippen molar-refractivity contribution in [3.8, 4) is 6.07 Å². The van der Waals surface area contributed by atoms with Gasteiger partial charge in [-0.25, -0.2) is 9.78 Å². The molecule has 0 bridgehead atoms. The average Bonchev–Trinajstić information content (AvgIpc) is 2.93. The number of rotatable bonds is 4. The predicted molar refractivity (Wildman–Crippen MR) is 110 cm³/mol. The van der Waals surface area contributed by atoms with Crippen LogP contribution in [0.5, 0.6) is 0 Å².